The minimum Gasteiger partial charge on any atom is -0.376 e. The second-order valence-electron chi connectivity index (χ2n) is 6.73. The Labute approximate surface area is 127 Å². The highest BCUT2D eigenvalue weighted by molar-refractivity contribution is 5.69. The summed E-state index contributed by atoms with van der Waals surface area (Å²) in [5.74, 6) is 0. The average Bonchev–Trinajstić information content (AvgIpc) is 2.70. The molecule has 2 aromatic rings. The van der Waals surface area contributed by atoms with E-state index < -0.39 is 0 Å². The van der Waals surface area contributed by atoms with Crippen LogP contribution in [0.25, 0.3) is 0 Å². The number of nitrogens with one attached hydrogen (secondary N) is 1. The molecule has 0 fully saturated rings. The van der Waals surface area contributed by atoms with Crippen LogP contribution in [-0.2, 0) is 6.42 Å². The highest BCUT2D eigenvalue weighted by Gasteiger charge is 2.38. The number of aromatic nitrogens is 1. The number of rotatable bonds is 3. The van der Waals surface area contributed by atoms with Crippen LogP contribution < -0.4 is 10.2 Å². The second kappa shape index (κ2) is 5.06. The number of hydrogen-bond donors (Lipinski definition) is 1. The summed E-state index contributed by atoms with van der Waals surface area (Å²) in [5.41, 5.74) is 5.33. The average molecular weight is 281 g/mol. The van der Waals surface area contributed by atoms with Crippen LogP contribution >= 0.6 is 0 Å². The van der Waals surface area contributed by atoms with Crippen molar-refractivity contribution < 1.29 is 0 Å². The highest BCUT2D eigenvalue weighted by Crippen LogP contribution is 2.47. The SMILES string of the molecule is CN(C)c1ccncc1NC1c2ccccc2CC1(C)C. The molecule has 110 valence electrons. The predicted octanol–water partition coefficient (Wildman–Crippen LogP) is 3.88. The van der Waals surface area contributed by atoms with E-state index in [0.717, 1.165) is 12.1 Å². The molecule has 1 aromatic heterocycles. The van der Waals surface area contributed by atoms with E-state index in [1.54, 1.807) is 0 Å². The molecule has 1 atom stereocenters. The zero-order valence-corrected chi connectivity index (χ0v) is 13.2. The van der Waals surface area contributed by atoms with Gasteiger partial charge in [-0.2, -0.15) is 0 Å². The van der Waals surface area contributed by atoms with Crippen LogP contribution in [0.2, 0.25) is 0 Å². The first-order chi connectivity index (χ1) is 9.99. The van der Waals surface area contributed by atoms with Crippen molar-refractivity contribution in [1.82, 2.24) is 4.98 Å². The maximum atomic E-state index is 4.28. The molecule has 3 heteroatoms. The molecule has 3 rings (SSSR count). The molecule has 0 saturated carbocycles. The Bertz CT molecular complexity index is 646. The Morgan fingerprint density at radius 2 is 1.95 bits per heavy atom. The van der Waals surface area contributed by atoms with E-state index in [1.807, 2.05) is 12.4 Å². The van der Waals surface area contributed by atoms with E-state index >= 15 is 0 Å². The molecular weight excluding hydrogens is 258 g/mol. The first kappa shape index (κ1) is 13.9. The zero-order valence-electron chi connectivity index (χ0n) is 13.2. The van der Waals surface area contributed by atoms with Gasteiger partial charge in [-0.1, -0.05) is 38.1 Å². The number of anilines is 2. The van der Waals surface area contributed by atoms with E-state index in [-0.39, 0.29) is 5.41 Å². The molecule has 0 amide bonds. The van der Waals surface area contributed by atoms with Gasteiger partial charge in [0.1, 0.15) is 0 Å². The van der Waals surface area contributed by atoms with Gasteiger partial charge in [0, 0.05) is 20.3 Å². The van der Waals surface area contributed by atoms with Gasteiger partial charge in [0.05, 0.1) is 23.6 Å². The van der Waals surface area contributed by atoms with Crippen molar-refractivity contribution >= 4 is 11.4 Å². The lowest BCUT2D eigenvalue weighted by Crippen LogP contribution is -2.25. The van der Waals surface area contributed by atoms with Gasteiger partial charge in [-0.05, 0) is 29.0 Å². The lowest BCUT2D eigenvalue weighted by atomic mass is 9.85. The molecule has 1 aromatic carbocycles. The monoisotopic (exact) mass is 281 g/mol. The molecule has 1 N–H and O–H groups in total. The molecular formula is C18H23N3. The number of fused-ring (bicyclic) bond motifs is 1. The molecule has 0 saturated heterocycles. The molecule has 0 radical (unpaired) electrons. The van der Waals surface area contributed by atoms with Crippen molar-refractivity contribution in [3.63, 3.8) is 0 Å². The van der Waals surface area contributed by atoms with Crippen molar-refractivity contribution in [1.29, 1.82) is 0 Å². The van der Waals surface area contributed by atoms with Crippen LogP contribution in [-0.4, -0.2) is 19.1 Å². The van der Waals surface area contributed by atoms with Crippen LogP contribution in [0.5, 0.6) is 0 Å². The Hall–Kier alpha value is -2.03. The highest BCUT2D eigenvalue weighted by atomic mass is 15.1. The Morgan fingerprint density at radius 3 is 2.71 bits per heavy atom. The van der Waals surface area contributed by atoms with Gasteiger partial charge in [-0.3, -0.25) is 4.98 Å². The Kier molecular flexibility index (Phi) is 3.36. The molecule has 1 heterocycles. The fourth-order valence-corrected chi connectivity index (χ4v) is 3.31. The largest absolute Gasteiger partial charge is 0.376 e. The quantitative estimate of drug-likeness (QED) is 0.925. The van der Waals surface area contributed by atoms with Crippen LogP contribution in [0.15, 0.2) is 42.7 Å². The molecule has 0 bridgehead atoms. The lowest BCUT2D eigenvalue weighted by molar-refractivity contribution is 0.337. The maximum Gasteiger partial charge on any atom is 0.0769 e. The van der Waals surface area contributed by atoms with E-state index in [2.05, 4.69) is 73.5 Å². The Balaban J connectivity index is 1.98. The minimum atomic E-state index is 0.198. The van der Waals surface area contributed by atoms with Crippen LogP contribution in [0.4, 0.5) is 11.4 Å². The summed E-state index contributed by atoms with van der Waals surface area (Å²) in [6.07, 6.45) is 4.87. The maximum absolute atomic E-state index is 4.28. The van der Waals surface area contributed by atoms with Crippen LogP contribution in [0, 0.1) is 5.41 Å². The first-order valence-corrected chi connectivity index (χ1v) is 7.45. The fourth-order valence-electron chi connectivity index (χ4n) is 3.31. The van der Waals surface area contributed by atoms with Crippen molar-refractivity contribution in [2.75, 3.05) is 24.3 Å². The molecule has 1 unspecified atom stereocenters. The fraction of sp³-hybridized carbons (Fsp3) is 0.389. The van der Waals surface area contributed by atoms with Crippen molar-refractivity contribution in [2.45, 2.75) is 26.3 Å². The summed E-state index contributed by atoms with van der Waals surface area (Å²) in [6, 6.07) is 11.1. The summed E-state index contributed by atoms with van der Waals surface area (Å²) in [6.45, 7) is 4.66. The number of benzene rings is 1. The summed E-state index contributed by atoms with van der Waals surface area (Å²) in [4.78, 5) is 6.41. The van der Waals surface area contributed by atoms with Gasteiger partial charge in [0.2, 0.25) is 0 Å². The number of nitrogens with zero attached hydrogens (tertiary/aromatic N) is 2. The normalized spacial score (nSPS) is 19.1. The zero-order chi connectivity index (χ0) is 15.0. The first-order valence-electron chi connectivity index (χ1n) is 7.45. The van der Waals surface area contributed by atoms with Gasteiger partial charge >= 0.3 is 0 Å². The standard InChI is InChI=1S/C18H23N3/c1-18(2)11-13-7-5-6-8-14(13)17(18)20-15-12-19-10-9-16(15)21(3)4/h5-10,12,17,20H,11H2,1-4H3. The summed E-state index contributed by atoms with van der Waals surface area (Å²) < 4.78 is 0. The lowest BCUT2D eigenvalue weighted by Gasteiger charge is -2.31. The number of pyridine rings is 1. The third kappa shape index (κ3) is 2.48. The molecule has 3 nitrogen and oxygen atoms in total. The van der Waals surface area contributed by atoms with E-state index in [0.29, 0.717) is 6.04 Å². The topological polar surface area (TPSA) is 28.2 Å². The third-order valence-electron chi connectivity index (χ3n) is 4.37. The molecule has 0 spiro atoms. The van der Waals surface area contributed by atoms with Gasteiger partial charge in [-0.15, -0.1) is 0 Å². The summed E-state index contributed by atoms with van der Waals surface area (Å²) in [5, 5.41) is 3.73. The van der Waals surface area contributed by atoms with Crippen molar-refractivity contribution in [2.24, 2.45) is 5.41 Å². The van der Waals surface area contributed by atoms with Crippen LogP contribution in [0.1, 0.15) is 31.0 Å². The van der Waals surface area contributed by atoms with Crippen LogP contribution in [0.3, 0.4) is 0 Å². The predicted molar refractivity (Wildman–Crippen MR) is 88.9 cm³/mol. The number of hydrogen-bond acceptors (Lipinski definition) is 3. The summed E-state index contributed by atoms with van der Waals surface area (Å²) in [7, 11) is 4.13. The van der Waals surface area contributed by atoms with Gasteiger partial charge < -0.3 is 10.2 Å². The Morgan fingerprint density at radius 1 is 1.19 bits per heavy atom. The van der Waals surface area contributed by atoms with Gasteiger partial charge in [0.25, 0.3) is 0 Å². The van der Waals surface area contributed by atoms with Crippen molar-refractivity contribution in [3.8, 4) is 0 Å². The molecule has 0 aliphatic heterocycles. The second-order valence-corrected chi connectivity index (χ2v) is 6.73. The van der Waals surface area contributed by atoms with Gasteiger partial charge in [0.15, 0.2) is 0 Å². The smallest absolute Gasteiger partial charge is 0.0769 e. The molecule has 1 aliphatic carbocycles. The summed E-state index contributed by atoms with van der Waals surface area (Å²) >= 11 is 0. The van der Waals surface area contributed by atoms with E-state index in [4.69, 9.17) is 0 Å². The van der Waals surface area contributed by atoms with Crippen molar-refractivity contribution in [3.05, 3.63) is 53.9 Å². The van der Waals surface area contributed by atoms with Gasteiger partial charge in [-0.25, -0.2) is 0 Å². The molecule has 21 heavy (non-hydrogen) atoms. The third-order valence-corrected chi connectivity index (χ3v) is 4.37. The van der Waals surface area contributed by atoms with E-state index in [9.17, 15) is 0 Å². The molecule has 1 aliphatic rings. The van der Waals surface area contributed by atoms with E-state index in [1.165, 1.54) is 16.8 Å². The minimum absolute atomic E-state index is 0.198.